The number of anilines is 1. The minimum Gasteiger partial charge on any atom is -0.399 e. The number of hydrogen-bond donors (Lipinski definition) is 1. The molecule has 23 heavy (non-hydrogen) atoms. The van der Waals surface area contributed by atoms with Crippen LogP contribution in [-0.4, -0.2) is 37.4 Å². The normalized spacial score (nSPS) is 26.3. The van der Waals surface area contributed by atoms with E-state index in [1.165, 1.54) is 5.56 Å². The molecule has 1 N–H and O–H groups in total. The van der Waals surface area contributed by atoms with Gasteiger partial charge in [0.15, 0.2) is 0 Å². The van der Waals surface area contributed by atoms with Crippen molar-refractivity contribution in [1.29, 1.82) is 0 Å². The molecule has 0 radical (unpaired) electrons. The van der Waals surface area contributed by atoms with Gasteiger partial charge in [-0.25, -0.2) is 0 Å². The molecule has 3 aliphatic heterocycles. The standard InChI is InChI=1S/C17H23BN2O3/c1-11-19-14-8-12(18-22-15(2,3)16(4,5)23-18)6-7-13(14)17(20-11)9-21-10-17/h6-8H,9-10H2,1-5H3,(H,19,20). The number of fused-ring (bicyclic) bond motifs is 2. The highest BCUT2D eigenvalue weighted by atomic mass is 16.7. The van der Waals surface area contributed by atoms with Gasteiger partial charge >= 0.3 is 7.12 Å². The number of aliphatic imine (C=N–C) groups is 1. The zero-order valence-electron chi connectivity index (χ0n) is 14.4. The van der Waals surface area contributed by atoms with Gasteiger partial charge in [0.25, 0.3) is 0 Å². The summed E-state index contributed by atoms with van der Waals surface area (Å²) in [5.41, 5.74) is 2.42. The molecule has 0 atom stereocenters. The third kappa shape index (κ3) is 2.16. The van der Waals surface area contributed by atoms with Crippen LogP contribution in [0, 0.1) is 0 Å². The second-order valence-electron chi connectivity index (χ2n) is 7.74. The van der Waals surface area contributed by atoms with Gasteiger partial charge in [-0.15, -0.1) is 0 Å². The number of hydrogen-bond acceptors (Lipinski definition) is 5. The summed E-state index contributed by atoms with van der Waals surface area (Å²) in [6.07, 6.45) is 0. The molecule has 0 aliphatic carbocycles. The Kier molecular flexibility index (Phi) is 3.03. The minimum absolute atomic E-state index is 0.209. The summed E-state index contributed by atoms with van der Waals surface area (Å²) in [7, 11) is -0.347. The minimum atomic E-state index is -0.347. The first-order chi connectivity index (χ1) is 10.7. The largest absolute Gasteiger partial charge is 0.494 e. The number of nitrogens with zero attached hydrogens (tertiary/aromatic N) is 1. The summed E-state index contributed by atoms with van der Waals surface area (Å²) in [6.45, 7) is 11.6. The Morgan fingerprint density at radius 1 is 1.09 bits per heavy atom. The second-order valence-corrected chi connectivity index (χ2v) is 7.74. The van der Waals surface area contributed by atoms with Crippen LogP contribution in [0.3, 0.4) is 0 Å². The summed E-state index contributed by atoms with van der Waals surface area (Å²) in [4.78, 5) is 4.75. The molecule has 1 aromatic rings. The van der Waals surface area contributed by atoms with Crippen LogP contribution in [0.2, 0.25) is 0 Å². The molecule has 1 aromatic carbocycles. The highest BCUT2D eigenvalue weighted by molar-refractivity contribution is 6.62. The van der Waals surface area contributed by atoms with Crippen molar-refractivity contribution in [3.8, 4) is 0 Å². The van der Waals surface area contributed by atoms with Crippen LogP contribution in [0.15, 0.2) is 23.2 Å². The first-order valence-electron chi connectivity index (χ1n) is 8.14. The lowest BCUT2D eigenvalue weighted by Gasteiger charge is -2.42. The van der Waals surface area contributed by atoms with Crippen LogP contribution >= 0.6 is 0 Å². The van der Waals surface area contributed by atoms with Crippen LogP contribution in [0.1, 0.15) is 40.2 Å². The molecular formula is C17H23BN2O3. The maximum Gasteiger partial charge on any atom is 0.494 e. The molecular weight excluding hydrogens is 291 g/mol. The van der Waals surface area contributed by atoms with Gasteiger partial charge in [0, 0.05) is 11.3 Å². The first kappa shape index (κ1) is 15.2. The first-order valence-corrected chi connectivity index (χ1v) is 8.14. The zero-order chi connectivity index (χ0) is 16.5. The van der Waals surface area contributed by atoms with Crippen LogP contribution in [0.5, 0.6) is 0 Å². The van der Waals surface area contributed by atoms with E-state index in [0.29, 0.717) is 13.2 Å². The average Bonchev–Trinajstić information content (AvgIpc) is 2.64. The van der Waals surface area contributed by atoms with Crippen LogP contribution in [0.25, 0.3) is 0 Å². The lowest BCUT2D eigenvalue weighted by molar-refractivity contribution is -0.0555. The van der Waals surface area contributed by atoms with E-state index < -0.39 is 0 Å². The zero-order valence-corrected chi connectivity index (χ0v) is 14.4. The fourth-order valence-corrected chi connectivity index (χ4v) is 3.32. The summed E-state index contributed by atoms with van der Waals surface area (Å²) >= 11 is 0. The van der Waals surface area contributed by atoms with Crippen molar-refractivity contribution in [3.63, 3.8) is 0 Å². The molecule has 2 saturated heterocycles. The van der Waals surface area contributed by atoms with Crippen molar-refractivity contribution in [2.45, 2.75) is 51.4 Å². The van der Waals surface area contributed by atoms with Crippen molar-refractivity contribution in [2.75, 3.05) is 18.5 Å². The lowest BCUT2D eigenvalue weighted by atomic mass is 9.76. The van der Waals surface area contributed by atoms with Gasteiger partial charge < -0.3 is 19.4 Å². The maximum absolute atomic E-state index is 6.16. The van der Waals surface area contributed by atoms with E-state index in [0.717, 1.165) is 17.0 Å². The topological polar surface area (TPSA) is 52.1 Å². The molecule has 3 heterocycles. The predicted molar refractivity (Wildman–Crippen MR) is 91.4 cm³/mol. The quantitative estimate of drug-likeness (QED) is 0.806. The van der Waals surface area contributed by atoms with Gasteiger partial charge in [-0.05, 0) is 46.1 Å². The van der Waals surface area contributed by atoms with Crippen molar-refractivity contribution in [3.05, 3.63) is 23.8 Å². The molecule has 0 saturated carbocycles. The van der Waals surface area contributed by atoms with Gasteiger partial charge in [0.1, 0.15) is 5.54 Å². The van der Waals surface area contributed by atoms with Crippen molar-refractivity contribution in [2.24, 2.45) is 4.99 Å². The third-order valence-corrected chi connectivity index (χ3v) is 5.45. The molecule has 0 aromatic heterocycles. The van der Waals surface area contributed by atoms with Crippen molar-refractivity contribution < 1.29 is 14.0 Å². The molecule has 6 heteroatoms. The summed E-state index contributed by atoms with van der Waals surface area (Å²) in [6, 6.07) is 6.33. The van der Waals surface area contributed by atoms with Crippen LogP contribution < -0.4 is 10.8 Å². The third-order valence-electron chi connectivity index (χ3n) is 5.45. The van der Waals surface area contributed by atoms with E-state index in [1.54, 1.807) is 0 Å². The second kappa shape index (κ2) is 4.59. The SMILES string of the molecule is CC1=NC2(COC2)c2ccc(B3OC(C)(C)C(C)(C)O3)cc2N1. The Labute approximate surface area is 137 Å². The van der Waals surface area contributed by atoms with Gasteiger partial charge in [-0.1, -0.05) is 12.1 Å². The van der Waals surface area contributed by atoms with E-state index in [2.05, 4.69) is 51.2 Å². The Balaban J connectivity index is 1.69. The molecule has 0 amide bonds. The fraction of sp³-hybridized carbons (Fsp3) is 0.588. The number of amidine groups is 1. The summed E-state index contributed by atoms with van der Waals surface area (Å²) in [5.74, 6) is 0.923. The molecule has 122 valence electrons. The molecule has 0 unspecified atom stereocenters. The fourth-order valence-electron chi connectivity index (χ4n) is 3.32. The van der Waals surface area contributed by atoms with E-state index in [4.69, 9.17) is 19.0 Å². The van der Waals surface area contributed by atoms with Gasteiger partial charge in [0.2, 0.25) is 0 Å². The van der Waals surface area contributed by atoms with E-state index >= 15 is 0 Å². The highest BCUT2D eigenvalue weighted by Gasteiger charge is 2.52. The Morgan fingerprint density at radius 2 is 1.74 bits per heavy atom. The number of ether oxygens (including phenoxy) is 1. The van der Waals surface area contributed by atoms with Crippen LogP contribution in [-0.2, 0) is 19.6 Å². The molecule has 0 bridgehead atoms. The monoisotopic (exact) mass is 314 g/mol. The van der Waals surface area contributed by atoms with Crippen LogP contribution in [0.4, 0.5) is 5.69 Å². The predicted octanol–water partition coefficient (Wildman–Crippen LogP) is 2.06. The number of nitrogens with one attached hydrogen (secondary N) is 1. The molecule has 5 nitrogen and oxygen atoms in total. The number of benzene rings is 1. The molecule has 1 spiro atoms. The van der Waals surface area contributed by atoms with Crippen molar-refractivity contribution >= 4 is 24.1 Å². The highest BCUT2D eigenvalue weighted by Crippen LogP contribution is 2.41. The Hall–Kier alpha value is -1.37. The van der Waals surface area contributed by atoms with E-state index in [1.807, 2.05) is 6.92 Å². The lowest BCUT2D eigenvalue weighted by Crippen LogP contribution is -2.49. The number of rotatable bonds is 1. The van der Waals surface area contributed by atoms with E-state index in [-0.39, 0.29) is 23.9 Å². The van der Waals surface area contributed by atoms with Crippen molar-refractivity contribution in [1.82, 2.24) is 0 Å². The van der Waals surface area contributed by atoms with Gasteiger partial charge in [0.05, 0.1) is 30.3 Å². The smallest absolute Gasteiger partial charge is 0.399 e. The Bertz CT molecular complexity index is 679. The van der Waals surface area contributed by atoms with Gasteiger partial charge in [-0.3, -0.25) is 4.99 Å². The average molecular weight is 314 g/mol. The molecule has 3 aliphatic rings. The van der Waals surface area contributed by atoms with E-state index in [9.17, 15) is 0 Å². The molecule has 4 rings (SSSR count). The maximum atomic E-state index is 6.16. The summed E-state index contributed by atoms with van der Waals surface area (Å²) < 4.78 is 17.7. The van der Waals surface area contributed by atoms with Gasteiger partial charge in [-0.2, -0.15) is 0 Å². The summed E-state index contributed by atoms with van der Waals surface area (Å²) in [5, 5.41) is 3.37. The Morgan fingerprint density at radius 3 is 2.30 bits per heavy atom. The molecule has 2 fully saturated rings.